The zero-order valence-corrected chi connectivity index (χ0v) is 11.1. The smallest absolute Gasteiger partial charge is 0.206 e. The van der Waals surface area contributed by atoms with Crippen LogP contribution in [0.25, 0.3) is 10.1 Å². The van der Waals surface area contributed by atoms with Gasteiger partial charge in [0, 0.05) is 15.4 Å². The van der Waals surface area contributed by atoms with Gasteiger partial charge < -0.3 is 0 Å². The summed E-state index contributed by atoms with van der Waals surface area (Å²) in [4.78, 5) is 0. The van der Waals surface area contributed by atoms with E-state index < -0.39 is 14.9 Å². The molecule has 0 radical (unpaired) electrons. The van der Waals surface area contributed by atoms with Gasteiger partial charge in [-0.15, -0.1) is 11.3 Å². The molecule has 0 saturated heterocycles. The summed E-state index contributed by atoms with van der Waals surface area (Å²) >= 11 is 6.60. The van der Waals surface area contributed by atoms with E-state index in [2.05, 4.69) is 0 Å². The third kappa shape index (κ3) is 1.93. The third-order valence-electron chi connectivity index (χ3n) is 2.16. The topological polar surface area (TPSA) is 34.1 Å². The highest BCUT2D eigenvalue weighted by Crippen LogP contribution is 2.37. The Balaban J connectivity index is 2.89. The standard InChI is InChI=1S/C9H5Cl2FO2S2/c1-4-5-2-7(12)6(10)3-8(5)15-9(4)16(11,13)14/h2-3H,1H3. The molecule has 0 aliphatic carbocycles. The Hall–Kier alpha value is -0.360. The average Bonchev–Trinajstić information content (AvgIpc) is 2.45. The fourth-order valence-electron chi connectivity index (χ4n) is 1.43. The van der Waals surface area contributed by atoms with Gasteiger partial charge in [-0.1, -0.05) is 11.6 Å². The summed E-state index contributed by atoms with van der Waals surface area (Å²) in [7, 11) is 1.47. The predicted octanol–water partition coefficient (Wildman–Crippen LogP) is 3.93. The lowest BCUT2D eigenvalue weighted by Crippen LogP contribution is -1.88. The molecule has 0 aliphatic heterocycles. The van der Waals surface area contributed by atoms with Crippen molar-refractivity contribution < 1.29 is 12.8 Å². The van der Waals surface area contributed by atoms with Gasteiger partial charge in [-0.05, 0) is 30.0 Å². The first-order valence-electron chi connectivity index (χ1n) is 4.13. The van der Waals surface area contributed by atoms with Crippen molar-refractivity contribution in [3.63, 3.8) is 0 Å². The van der Waals surface area contributed by atoms with E-state index in [4.69, 9.17) is 22.3 Å². The quantitative estimate of drug-likeness (QED) is 0.748. The van der Waals surface area contributed by atoms with Crippen molar-refractivity contribution in [1.29, 1.82) is 0 Å². The van der Waals surface area contributed by atoms with Crippen LogP contribution in [0.15, 0.2) is 16.3 Å². The molecule has 2 nitrogen and oxygen atoms in total. The zero-order valence-electron chi connectivity index (χ0n) is 7.92. The molecule has 0 atom stereocenters. The van der Waals surface area contributed by atoms with Crippen LogP contribution in [0.1, 0.15) is 5.56 Å². The minimum absolute atomic E-state index is 0.0332. The molecule has 0 saturated carbocycles. The van der Waals surface area contributed by atoms with E-state index in [1.165, 1.54) is 12.1 Å². The third-order valence-corrected chi connectivity index (χ3v) is 5.89. The van der Waals surface area contributed by atoms with Gasteiger partial charge >= 0.3 is 0 Å². The number of fused-ring (bicyclic) bond motifs is 1. The zero-order chi connectivity index (χ0) is 12.1. The Kier molecular flexibility index (Phi) is 2.90. The van der Waals surface area contributed by atoms with Gasteiger partial charge in [-0.2, -0.15) is 0 Å². The Bertz CT molecular complexity index is 676. The molecule has 1 aromatic carbocycles. The van der Waals surface area contributed by atoms with E-state index in [-0.39, 0.29) is 9.23 Å². The lowest BCUT2D eigenvalue weighted by atomic mass is 10.2. The number of thiophene rings is 1. The summed E-state index contributed by atoms with van der Waals surface area (Å²) in [6, 6.07) is 2.62. The Morgan fingerprint density at radius 3 is 2.56 bits per heavy atom. The number of hydrogen-bond donors (Lipinski definition) is 0. The molecular formula is C9H5Cl2FO2S2. The molecule has 0 fully saturated rings. The fraction of sp³-hybridized carbons (Fsp3) is 0.111. The van der Waals surface area contributed by atoms with E-state index in [0.29, 0.717) is 15.6 Å². The normalized spacial score (nSPS) is 12.2. The van der Waals surface area contributed by atoms with Crippen molar-refractivity contribution >= 4 is 52.8 Å². The monoisotopic (exact) mass is 298 g/mol. The Labute approximate surface area is 105 Å². The van der Waals surface area contributed by atoms with E-state index >= 15 is 0 Å². The molecule has 0 unspecified atom stereocenters. The maximum Gasteiger partial charge on any atom is 0.271 e. The number of benzene rings is 1. The second kappa shape index (κ2) is 3.84. The van der Waals surface area contributed by atoms with Gasteiger partial charge in [0.2, 0.25) is 0 Å². The van der Waals surface area contributed by atoms with Crippen LogP contribution >= 0.6 is 33.6 Å². The van der Waals surface area contributed by atoms with Crippen molar-refractivity contribution in [2.24, 2.45) is 0 Å². The Morgan fingerprint density at radius 1 is 1.38 bits per heavy atom. The summed E-state index contributed by atoms with van der Waals surface area (Å²) in [6.45, 7) is 1.58. The number of halogens is 3. The molecule has 1 aromatic heterocycles. The molecule has 0 aliphatic rings. The van der Waals surface area contributed by atoms with Crippen molar-refractivity contribution in [3.8, 4) is 0 Å². The largest absolute Gasteiger partial charge is 0.271 e. The summed E-state index contributed by atoms with van der Waals surface area (Å²) in [5, 5.41) is 0.485. The van der Waals surface area contributed by atoms with Crippen molar-refractivity contribution in [3.05, 3.63) is 28.5 Å². The molecular weight excluding hydrogens is 294 g/mol. The molecule has 16 heavy (non-hydrogen) atoms. The van der Waals surface area contributed by atoms with Crippen LogP contribution in [-0.2, 0) is 9.05 Å². The van der Waals surface area contributed by atoms with Crippen LogP contribution in [0.2, 0.25) is 5.02 Å². The first-order chi connectivity index (χ1) is 7.30. The van der Waals surface area contributed by atoms with Gasteiger partial charge in [0.25, 0.3) is 9.05 Å². The first kappa shape index (κ1) is 12.1. The summed E-state index contributed by atoms with van der Waals surface area (Å²) < 4.78 is 36.3. The molecule has 2 aromatic rings. The summed E-state index contributed by atoms with van der Waals surface area (Å²) in [5.41, 5.74) is 0.450. The number of hydrogen-bond acceptors (Lipinski definition) is 3. The molecule has 0 spiro atoms. The van der Waals surface area contributed by atoms with Gasteiger partial charge in [0.15, 0.2) is 0 Å². The van der Waals surface area contributed by atoms with E-state index in [1.807, 2.05) is 0 Å². The van der Waals surface area contributed by atoms with Crippen LogP contribution in [0.5, 0.6) is 0 Å². The molecule has 0 N–H and O–H groups in total. The second-order valence-corrected chi connectivity index (χ2v) is 7.44. The Morgan fingerprint density at radius 2 is 2.00 bits per heavy atom. The van der Waals surface area contributed by atoms with Crippen LogP contribution in [0.3, 0.4) is 0 Å². The van der Waals surface area contributed by atoms with E-state index in [9.17, 15) is 12.8 Å². The first-order valence-corrected chi connectivity index (χ1v) is 7.64. The predicted molar refractivity (Wildman–Crippen MR) is 64.6 cm³/mol. The molecule has 7 heteroatoms. The van der Waals surface area contributed by atoms with Crippen LogP contribution in [0.4, 0.5) is 4.39 Å². The van der Waals surface area contributed by atoms with Crippen molar-refractivity contribution in [1.82, 2.24) is 0 Å². The van der Waals surface area contributed by atoms with Crippen molar-refractivity contribution in [2.75, 3.05) is 0 Å². The highest BCUT2D eigenvalue weighted by Gasteiger charge is 2.20. The molecule has 1 heterocycles. The molecule has 0 bridgehead atoms. The average molecular weight is 299 g/mol. The second-order valence-electron chi connectivity index (χ2n) is 3.21. The minimum Gasteiger partial charge on any atom is -0.206 e. The molecule has 86 valence electrons. The summed E-state index contributed by atoms with van der Waals surface area (Å²) in [5.74, 6) is -0.575. The SMILES string of the molecule is Cc1c(S(=O)(=O)Cl)sc2cc(Cl)c(F)cc12. The lowest BCUT2D eigenvalue weighted by molar-refractivity contribution is 0.611. The van der Waals surface area contributed by atoms with Gasteiger partial charge in [-0.3, -0.25) is 0 Å². The summed E-state index contributed by atoms with van der Waals surface area (Å²) in [6.07, 6.45) is 0. The maximum atomic E-state index is 13.2. The fourth-order valence-corrected chi connectivity index (χ4v) is 4.39. The highest BCUT2D eigenvalue weighted by molar-refractivity contribution is 8.15. The van der Waals surface area contributed by atoms with E-state index in [1.54, 1.807) is 6.92 Å². The van der Waals surface area contributed by atoms with Crippen molar-refractivity contribution in [2.45, 2.75) is 11.1 Å². The maximum absolute atomic E-state index is 13.2. The highest BCUT2D eigenvalue weighted by atomic mass is 35.7. The minimum atomic E-state index is -3.80. The van der Waals surface area contributed by atoms with E-state index in [0.717, 1.165) is 11.3 Å². The lowest BCUT2D eigenvalue weighted by Gasteiger charge is -1.95. The van der Waals surface area contributed by atoms with Gasteiger partial charge in [-0.25, -0.2) is 12.8 Å². The number of aryl methyl sites for hydroxylation is 1. The van der Waals surface area contributed by atoms with Crippen LogP contribution in [-0.4, -0.2) is 8.42 Å². The molecule has 0 amide bonds. The van der Waals surface area contributed by atoms with Crippen LogP contribution < -0.4 is 0 Å². The number of rotatable bonds is 1. The van der Waals surface area contributed by atoms with Gasteiger partial charge in [0.1, 0.15) is 10.0 Å². The molecule has 2 rings (SSSR count). The van der Waals surface area contributed by atoms with Gasteiger partial charge in [0.05, 0.1) is 5.02 Å². The van der Waals surface area contributed by atoms with Crippen LogP contribution in [0, 0.1) is 12.7 Å².